The number of carboxylic acids is 1. The highest BCUT2D eigenvalue weighted by molar-refractivity contribution is 7.13. The number of nitrogens with one attached hydrogen (secondary N) is 1. The number of rotatable bonds is 7. The first-order chi connectivity index (χ1) is 11.4. The van der Waals surface area contributed by atoms with Crippen LogP contribution in [-0.4, -0.2) is 22.0 Å². The van der Waals surface area contributed by atoms with Gasteiger partial charge in [-0.15, -0.1) is 11.3 Å². The molecule has 0 bridgehead atoms. The Hall–Kier alpha value is -2.21. The molecule has 1 aromatic heterocycles. The van der Waals surface area contributed by atoms with Gasteiger partial charge in [0.1, 0.15) is 4.88 Å². The third-order valence-corrected chi connectivity index (χ3v) is 5.22. The zero-order valence-corrected chi connectivity index (χ0v) is 14.9. The third-order valence-electron chi connectivity index (χ3n) is 4.00. The number of aliphatic carboxylic acids is 1. The molecule has 2 N–H and O–H groups in total. The summed E-state index contributed by atoms with van der Waals surface area (Å²) in [5, 5.41) is 13.4. The van der Waals surface area contributed by atoms with E-state index < -0.39 is 11.5 Å². The number of hydrogen-bond acceptors (Lipinski definition) is 4. The second kappa shape index (κ2) is 7.57. The first-order valence-electron chi connectivity index (χ1n) is 8.02. The second-order valence-corrected chi connectivity index (χ2v) is 6.74. The highest BCUT2D eigenvalue weighted by Crippen LogP contribution is 2.27. The first-order valence-corrected chi connectivity index (χ1v) is 8.84. The molecule has 0 saturated heterocycles. The maximum absolute atomic E-state index is 12.7. The Bertz CT molecular complexity index is 727. The average molecular weight is 346 g/mol. The SMILES string of the molecule is CCCc1nc(C)c(C(=O)NC(CC)(C(=O)O)c2ccccc2)s1. The van der Waals surface area contributed by atoms with Crippen LogP contribution in [0.4, 0.5) is 0 Å². The van der Waals surface area contributed by atoms with Crippen LogP contribution in [0.2, 0.25) is 0 Å². The number of aryl methyl sites for hydroxylation is 2. The van der Waals surface area contributed by atoms with E-state index in [4.69, 9.17) is 0 Å². The van der Waals surface area contributed by atoms with Crippen LogP contribution >= 0.6 is 11.3 Å². The molecule has 1 aromatic carbocycles. The summed E-state index contributed by atoms with van der Waals surface area (Å²) in [6, 6.07) is 8.80. The number of nitrogens with zero attached hydrogens (tertiary/aromatic N) is 1. The van der Waals surface area contributed by atoms with Crippen molar-refractivity contribution in [3.05, 3.63) is 51.5 Å². The lowest BCUT2D eigenvalue weighted by Crippen LogP contribution is -2.51. The van der Waals surface area contributed by atoms with Crippen LogP contribution in [0.1, 0.15) is 52.6 Å². The minimum Gasteiger partial charge on any atom is -0.479 e. The molecular weight excluding hydrogens is 324 g/mol. The molecule has 1 heterocycles. The lowest BCUT2D eigenvalue weighted by atomic mass is 9.87. The molecule has 5 nitrogen and oxygen atoms in total. The molecular formula is C18H22N2O3S. The van der Waals surface area contributed by atoms with Gasteiger partial charge in [0.2, 0.25) is 0 Å². The maximum Gasteiger partial charge on any atom is 0.334 e. The fourth-order valence-corrected chi connectivity index (χ4v) is 3.71. The summed E-state index contributed by atoms with van der Waals surface area (Å²) in [7, 11) is 0. The standard InChI is InChI=1S/C18H22N2O3S/c1-4-9-14-19-12(3)15(24-14)16(21)20-18(5-2,17(22)23)13-10-7-6-8-11-13/h6-8,10-11H,4-5,9H2,1-3H3,(H,20,21)(H,22,23). The van der Waals surface area contributed by atoms with Gasteiger partial charge in [-0.2, -0.15) is 0 Å². The number of carbonyl (C=O) groups is 2. The number of thiazole rings is 1. The van der Waals surface area contributed by atoms with Gasteiger partial charge in [0.15, 0.2) is 5.54 Å². The average Bonchev–Trinajstić information content (AvgIpc) is 2.94. The quantitative estimate of drug-likeness (QED) is 0.804. The van der Waals surface area contributed by atoms with E-state index in [1.165, 1.54) is 11.3 Å². The zero-order valence-electron chi connectivity index (χ0n) is 14.1. The largest absolute Gasteiger partial charge is 0.479 e. The van der Waals surface area contributed by atoms with E-state index in [9.17, 15) is 14.7 Å². The Balaban J connectivity index is 2.37. The van der Waals surface area contributed by atoms with Crippen molar-refractivity contribution in [2.45, 2.75) is 45.6 Å². The molecule has 6 heteroatoms. The van der Waals surface area contributed by atoms with Gasteiger partial charge in [-0.25, -0.2) is 9.78 Å². The number of carboxylic acid groups (broad SMARTS) is 1. The van der Waals surface area contributed by atoms with Crippen molar-refractivity contribution < 1.29 is 14.7 Å². The molecule has 128 valence electrons. The molecule has 2 aromatic rings. The van der Waals surface area contributed by atoms with Crippen LogP contribution in [0, 0.1) is 6.92 Å². The fourth-order valence-electron chi connectivity index (χ4n) is 2.65. The van der Waals surface area contributed by atoms with Gasteiger partial charge in [-0.05, 0) is 31.7 Å². The molecule has 0 aliphatic rings. The summed E-state index contributed by atoms with van der Waals surface area (Å²) in [5.74, 6) is -1.46. The van der Waals surface area contributed by atoms with E-state index in [1.54, 1.807) is 38.1 Å². The van der Waals surface area contributed by atoms with Gasteiger partial charge in [0.25, 0.3) is 5.91 Å². The molecule has 0 radical (unpaired) electrons. The molecule has 1 atom stereocenters. The van der Waals surface area contributed by atoms with E-state index >= 15 is 0 Å². The molecule has 0 fully saturated rings. The van der Waals surface area contributed by atoms with E-state index in [0.717, 1.165) is 17.8 Å². The van der Waals surface area contributed by atoms with E-state index in [-0.39, 0.29) is 12.3 Å². The predicted octanol–water partition coefficient (Wildman–Crippen LogP) is 3.52. The van der Waals surface area contributed by atoms with Crippen molar-refractivity contribution >= 4 is 23.2 Å². The Morgan fingerprint density at radius 1 is 1.25 bits per heavy atom. The van der Waals surface area contributed by atoms with Gasteiger partial charge >= 0.3 is 5.97 Å². The minimum atomic E-state index is -1.44. The first kappa shape index (κ1) is 18.1. The molecule has 2 rings (SSSR count). The van der Waals surface area contributed by atoms with Crippen molar-refractivity contribution in [2.75, 3.05) is 0 Å². The van der Waals surface area contributed by atoms with Gasteiger partial charge in [-0.1, -0.05) is 44.2 Å². The van der Waals surface area contributed by atoms with E-state index in [1.807, 2.05) is 6.07 Å². The van der Waals surface area contributed by atoms with Crippen LogP contribution in [0.5, 0.6) is 0 Å². The molecule has 0 saturated carbocycles. The number of amides is 1. The second-order valence-electron chi connectivity index (χ2n) is 5.66. The fraction of sp³-hybridized carbons (Fsp3) is 0.389. The number of aromatic nitrogens is 1. The lowest BCUT2D eigenvalue weighted by Gasteiger charge is -2.29. The van der Waals surface area contributed by atoms with Gasteiger partial charge in [0, 0.05) is 0 Å². The number of benzene rings is 1. The summed E-state index contributed by atoms with van der Waals surface area (Å²) in [5.41, 5.74) is -0.242. The zero-order chi connectivity index (χ0) is 17.7. The van der Waals surface area contributed by atoms with E-state index in [0.29, 0.717) is 16.1 Å². The normalized spacial score (nSPS) is 13.3. The highest BCUT2D eigenvalue weighted by Gasteiger charge is 2.40. The van der Waals surface area contributed by atoms with E-state index in [2.05, 4.69) is 17.2 Å². The van der Waals surface area contributed by atoms with Crippen LogP contribution in [0.3, 0.4) is 0 Å². The van der Waals surface area contributed by atoms with Gasteiger partial charge in [0.05, 0.1) is 10.7 Å². The molecule has 0 aliphatic carbocycles. The smallest absolute Gasteiger partial charge is 0.334 e. The van der Waals surface area contributed by atoms with Crippen LogP contribution in [0.25, 0.3) is 0 Å². The number of hydrogen-bond donors (Lipinski definition) is 2. The maximum atomic E-state index is 12.7. The highest BCUT2D eigenvalue weighted by atomic mass is 32.1. The van der Waals surface area contributed by atoms with Gasteiger partial charge < -0.3 is 10.4 Å². The Labute approximate surface area is 145 Å². The van der Waals surface area contributed by atoms with Crippen molar-refractivity contribution in [3.63, 3.8) is 0 Å². The van der Waals surface area contributed by atoms with Crippen molar-refractivity contribution in [2.24, 2.45) is 0 Å². The summed E-state index contributed by atoms with van der Waals surface area (Å²) < 4.78 is 0. The number of carbonyl (C=O) groups excluding carboxylic acids is 1. The molecule has 0 spiro atoms. The summed E-state index contributed by atoms with van der Waals surface area (Å²) >= 11 is 1.33. The Morgan fingerprint density at radius 3 is 2.46 bits per heavy atom. The van der Waals surface area contributed by atoms with Crippen molar-refractivity contribution in [3.8, 4) is 0 Å². The molecule has 24 heavy (non-hydrogen) atoms. The Morgan fingerprint density at radius 2 is 1.92 bits per heavy atom. The van der Waals surface area contributed by atoms with Crippen LogP contribution < -0.4 is 5.32 Å². The third kappa shape index (κ3) is 3.48. The van der Waals surface area contributed by atoms with Crippen LogP contribution in [0.15, 0.2) is 30.3 Å². The van der Waals surface area contributed by atoms with Crippen molar-refractivity contribution in [1.29, 1.82) is 0 Å². The summed E-state index contributed by atoms with van der Waals surface area (Å²) in [6.07, 6.45) is 2.01. The molecule has 1 amide bonds. The lowest BCUT2D eigenvalue weighted by molar-refractivity contribution is -0.145. The van der Waals surface area contributed by atoms with Gasteiger partial charge in [-0.3, -0.25) is 4.79 Å². The monoisotopic (exact) mass is 346 g/mol. The topological polar surface area (TPSA) is 79.3 Å². The summed E-state index contributed by atoms with van der Waals surface area (Å²) in [4.78, 5) is 29.6. The predicted molar refractivity (Wildman–Crippen MR) is 94.4 cm³/mol. The molecule has 1 unspecified atom stereocenters. The minimum absolute atomic E-state index is 0.248. The molecule has 0 aliphatic heterocycles. The summed E-state index contributed by atoms with van der Waals surface area (Å²) in [6.45, 7) is 5.59. The van der Waals surface area contributed by atoms with Crippen molar-refractivity contribution in [1.82, 2.24) is 10.3 Å². The van der Waals surface area contributed by atoms with Crippen LogP contribution in [-0.2, 0) is 16.8 Å². The Kier molecular flexibility index (Phi) is 5.72.